The maximum Gasteiger partial charge on any atom is 0.182 e. The summed E-state index contributed by atoms with van der Waals surface area (Å²) in [6, 6.07) is 7.97. The largest absolute Gasteiger partial charge is 0.381 e. The van der Waals surface area contributed by atoms with Gasteiger partial charge in [0.1, 0.15) is 23.4 Å². The summed E-state index contributed by atoms with van der Waals surface area (Å²) in [5.74, 6) is -0.308. The molecule has 0 radical (unpaired) electrons. The van der Waals surface area contributed by atoms with Crippen molar-refractivity contribution < 1.29 is 9.13 Å². The zero-order valence-corrected chi connectivity index (χ0v) is 22.5. The van der Waals surface area contributed by atoms with E-state index in [0.717, 1.165) is 36.2 Å². The topological polar surface area (TPSA) is 78.6 Å². The van der Waals surface area contributed by atoms with Gasteiger partial charge >= 0.3 is 0 Å². The van der Waals surface area contributed by atoms with Crippen LogP contribution < -0.4 is 0 Å². The highest BCUT2D eigenvalue weighted by Crippen LogP contribution is 2.33. The molecule has 7 nitrogen and oxygen atoms in total. The molecule has 196 valence electrons. The fourth-order valence-corrected chi connectivity index (χ4v) is 3.94. The molecule has 1 aliphatic heterocycles. The van der Waals surface area contributed by atoms with Crippen molar-refractivity contribution in [3.05, 3.63) is 65.8 Å². The molecule has 8 heteroatoms. The molecule has 6 rings (SSSR count). The first-order valence-corrected chi connectivity index (χ1v) is 13.1. The summed E-state index contributed by atoms with van der Waals surface area (Å²) in [4.78, 5) is 17.3. The fraction of sp³-hybridized carbons (Fsp3) is 0.483. The van der Waals surface area contributed by atoms with Gasteiger partial charge in [0.2, 0.25) is 0 Å². The summed E-state index contributed by atoms with van der Waals surface area (Å²) in [5.41, 5.74) is 4.34. The maximum absolute atomic E-state index is 14.7. The van der Waals surface area contributed by atoms with Crippen LogP contribution in [0.4, 0.5) is 4.39 Å². The number of fused-ring (bicyclic) bond motifs is 1. The average molecular weight is 505 g/mol. The maximum atomic E-state index is 14.7. The van der Waals surface area contributed by atoms with Gasteiger partial charge in [0.25, 0.3) is 0 Å². The molecule has 0 spiro atoms. The Hall–Kier alpha value is -3.26. The van der Waals surface area contributed by atoms with Crippen LogP contribution in [-0.4, -0.2) is 42.9 Å². The second-order valence-electron chi connectivity index (χ2n) is 10.6. The van der Waals surface area contributed by atoms with Crippen molar-refractivity contribution in [2.24, 2.45) is 0 Å². The number of rotatable bonds is 2. The molecule has 0 N–H and O–H groups in total. The lowest BCUT2D eigenvalue weighted by Crippen LogP contribution is -2.11. The van der Waals surface area contributed by atoms with E-state index in [0.29, 0.717) is 22.4 Å². The van der Waals surface area contributed by atoms with Crippen LogP contribution >= 0.6 is 0 Å². The van der Waals surface area contributed by atoms with Crippen molar-refractivity contribution in [2.45, 2.75) is 78.2 Å². The molecule has 0 amide bonds. The molecule has 0 bridgehead atoms. The summed E-state index contributed by atoms with van der Waals surface area (Å²) >= 11 is 0. The van der Waals surface area contributed by atoms with Gasteiger partial charge in [0, 0.05) is 31.2 Å². The molecule has 0 unspecified atom stereocenters. The summed E-state index contributed by atoms with van der Waals surface area (Å²) in [7, 11) is 0. The Kier molecular flexibility index (Phi) is 8.59. The van der Waals surface area contributed by atoms with Gasteiger partial charge in [-0.25, -0.2) is 24.3 Å². The van der Waals surface area contributed by atoms with Gasteiger partial charge in [0.15, 0.2) is 5.65 Å². The Morgan fingerprint density at radius 3 is 2.24 bits per heavy atom. The van der Waals surface area contributed by atoms with E-state index in [2.05, 4.69) is 45.8 Å². The van der Waals surface area contributed by atoms with Crippen LogP contribution in [0.1, 0.15) is 75.9 Å². The summed E-state index contributed by atoms with van der Waals surface area (Å²) in [6.45, 7) is 11.9. The molecule has 2 aliphatic rings. The standard InChI is InChI=1S/C18H19FN4.C6H8N2.C5H10O/c1-10-11(2)23-17-16(22-10)15(20-9-21-17)13-7-6-12(8-14(13)19)18(3,4)5;1-4-7-8(5-1)6-2-3-6;1-2-4-6-5-3-1/h6-9H,1-5H3;1,4-6H,2-3H2;1-5H2. The van der Waals surface area contributed by atoms with E-state index < -0.39 is 0 Å². The molecule has 37 heavy (non-hydrogen) atoms. The minimum atomic E-state index is -0.308. The normalized spacial score (nSPS) is 15.4. The highest BCUT2D eigenvalue weighted by Gasteiger charge is 2.23. The third kappa shape index (κ3) is 7.16. The van der Waals surface area contributed by atoms with E-state index in [4.69, 9.17) is 4.74 Å². The van der Waals surface area contributed by atoms with Gasteiger partial charge in [-0.2, -0.15) is 5.10 Å². The summed E-state index contributed by atoms with van der Waals surface area (Å²) in [5, 5.41) is 4.09. The van der Waals surface area contributed by atoms with Crippen LogP contribution in [-0.2, 0) is 10.2 Å². The number of nitrogens with zero attached hydrogens (tertiary/aromatic N) is 6. The Bertz CT molecular complexity index is 1300. The summed E-state index contributed by atoms with van der Waals surface area (Å²) in [6.07, 6.45) is 11.8. The molecule has 1 saturated carbocycles. The highest BCUT2D eigenvalue weighted by atomic mass is 19.1. The third-order valence-corrected chi connectivity index (χ3v) is 6.49. The molecule has 3 aromatic heterocycles. The van der Waals surface area contributed by atoms with Crippen LogP contribution in [0.5, 0.6) is 0 Å². The van der Waals surface area contributed by atoms with Crippen molar-refractivity contribution in [1.29, 1.82) is 0 Å². The van der Waals surface area contributed by atoms with E-state index >= 15 is 0 Å². The number of benzene rings is 1. The van der Waals surface area contributed by atoms with E-state index in [1.165, 1.54) is 38.4 Å². The minimum absolute atomic E-state index is 0.111. The Balaban J connectivity index is 0.000000183. The zero-order chi connectivity index (χ0) is 26.4. The lowest BCUT2D eigenvalue weighted by atomic mass is 9.86. The van der Waals surface area contributed by atoms with Gasteiger partial charge in [-0.1, -0.05) is 26.8 Å². The number of hydrogen-bond acceptors (Lipinski definition) is 6. The van der Waals surface area contributed by atoms with Crippen LogP contribution in [0.15, 0.2) is 43.0 Å². The quantitative estimate of drug-likeness (QED) is 0.308. The average Bonchev–Trinajstić information content (AvgIpc) is 3.59. The highest BCUT2D eigenvalue weighted by molar-refractivity contribution is 5.86. The first kappa shape index (κ1) is 26.8. The molecule has 0 atom stereocenters. The first-order valence-electron chi connectivity index (χ1n) is 13.1. The SMILES string of the molecule is C1CCOCC1.Cc1nc2ncnc(-c3ccc(C(C)(C)C)cc3F)c2nc1C.c1cnn(C2CC2)c1. The lowest BCUT2D eigenvalue weighted by Gasteiger charge is -2.19. The molecular weight excluding hydrogens is 467 g/mol. The van der Waals surface area contributed by atoms with Crippen molar-refractivity contribution in [3.63, 3.8) is 0 Å². The van der Waals surface area contributed by atoms with Gasteiger partial charge in [-0.05, 0) is 75.1 Å². The fourth-order valence-electron chi connectivity index (χ4n) is 3.94. The Morgan fingerprint density at radius 1 is 0.973 bits per heavy atom. The van der Waals surface area contributed by atoms with Crippen LogP contribution in [0.2, 0.25) is 0 Å². The smallest absolute Gasteiger partial charge is 0.182 e. The van der Waals surface area contributed by atoms with Crippen LogP contribution in [0.3, 0.4) is 0 Å². The summed E-state index contributed by atoms with van der Waals surface area (Å²) < 4.78 is 21.8. The zero-order valence-electron chi connectivity index (χ0n) is 22.5. The Labute approximate surface area is 218 Å². The second kappa shape index (κ2) is 11.9. The minimum Gasteiger partial charge on any atom is -0.381 e. The van der Waals surface area contributed by atoms with E-state index in [9.17, 15) is 4.39 Å². The number of ether oxygens (including phenoxy) is 1. The van der Waals surface area contributed by atoms with Crippen molar-refractivity contribution in [3.8, 4) is 11.3 Å². The number of halogens is 1. The predicted octanol–water partition coefficient (Wildman–Crippen LogP) is 6.55. The van der Waals surface area contributed by atoms with Crippen molar-refractivity contribution >= 4 is 11.2 Å². The molecule has 1 aliphatic carbocycles. The predicted molar refractivity (Wildman–Crippen MR) is 144 cm³/mol. The van der Waals surface area contributed by atoms with Crippen molar-refractivity contribution in [2.75, 3.05) is 13.2 Å². The first-order chi connectivity index (χ1) is 17.7. The van der Waals surface area contributed by atoms with Gasteiger partial charge in [0.05, 0.1) is 17.4 Å². The molecule has 4 aromatic rings. The van der Waals surface area contributed by atoms with Crippen molar-refractivity contribution in [1.82, 2.24) is 29.7 Å². The number of aromatic nitrogens is 6. The van der Waals surface area contributed by atoms with Gasteiger partial charge < -0.3 is 4.74 Å². The van der Waals surface area contributed by atoms with E-state index in [1.54, 1.807) is 12.1 Å². The molecule has 1 saturated heterocycles. The Morgan fingerprint density at radius 2 is 1.70 bits per heavy atom. The number of hydrogen-bond donors (Lipinski definition) is 0. The monoisotopic (exact) mass is 504 g/mol. The van der Waals surface area contributed by atoms with Crippen LogP contribution in [0, 0.1) is 19.7 Å². The molecule has 2 fully saturated rings. The van der Waals surface area contributed by atoms with E-state index in [-0.39, 0.29) is 11.2 Å². The third-order valence-electron chi connectivity index (χ3n) is 6.49. The van der Waals surface area contributed by atoms with Crippen LogP contribution in [0.25, 0.3) is 22.4 Å². The molecule has 4 heterocycles. The molecular formula is C29H37FN6O. The lowest BCUT2D eigenvalue weighted by molar-refractivity contribution is 0.0968. The van der Waals surface area contributed by atoms with Gasteiger partial charge in [-0.3, -0.25) is 4.68 Å². The second-order valence-corrected chi connectivity index (χ2v) is 10.6. The van der Waals surface area contributed by atoms with Gasteiger partial charge in [-0.15, -0.1) is 0 Å². The molecule has 1 aromatic carbocycles. The number of aryl methyl sites for hydroxylation is 2. The van der Waals surface area contributed by atoms with E-state index in [1.807, 2.05) is 43.1 Å².